The highest BCUT2D eigenvalue weighted by molar-refractivity contribution is 7.15. The molecule has 116 valence electrons. The van der Waals surface area contributed by atoms with Crippen LogP contribution in [-0.2, 0) is 0 Å². The van der Waals surface area contributed by atoms with Crippen LogP contribution in [0, 0.1) is 6.92 Å². The summed E-state index contributed by atoms with van der Waals surface area (Å²) >= 11 is 13.3. The summed E-state index contributed by atoms with van der Waals surface area (Å²) in [6.07, 6.45) is 1.73. The molecule has 3 aromatic rings. The summed E-state index contributed by atoms with van der Waals surface area (Å²) in [5.41, 5.74) is 5.91. The monoisotopic (exact) mass is 361 g/mol. The van der Waals surface area contributed by atoms with Gasteiger partial charge in [0.15, 0.2) is 0 Å². The number of hydrazone groups is 1. The number of nitrogens with one attached hydrogen (secondary N) is 1. The van der Waals surface area contributed by atoms with Gasteiger partial charge in [-0.15, -0.1) is 11.3 Å². The Morgan fingerprint density at radius 2 is 1.61 bits per heavy atom. The van der Waals surface area contributed by atoms with E-state index in [1.165, 1.54) is 0 Å². The smallest absolute Gasteiger partial charge is 0.204 e. The molecule has 0 aliphatic carbocycles. The van der Waals surface area contributed by atoms with Gasteiger partial charge in [-0.05, 0) is 36.8 Å². The molecule has 0 bridgehead atoms. The SMILES string of the molecule is Cc1sc(N/N=C/c2ccc(Cl)cc2)nc1-c1ccc(Cl)cc1. The van der Waals surface area contributed by atoms with Gasteiger partial charge in [0.25, 0.3) is 0 Å². The summed E-state index contributed by atoms with van der Waals surface area (Å²) in [4.78, 5) is 5.71. The van der Waals surface area contributed by atoms with Gasteiger partial charge in [-0.25, -0.2) is 4.98 Å². The molecule has 1 N–H and O–H groups in total. The molecule has 1 aromatic heterocycles. The van der Waals surface area contributed by atoms with Crippen molar-refractivity contribution in [2.24, 2.45) is 5.10 Å². The van der Waals surface area contributed by atoms with Gasteiger partial charge in [0.2, 0.25) is 5.13 Å². The third kappa shape index (κ3) is 4.10. The first kappa shape index (κ1) is 16.0. The van der Waals surface area contributed by atoms with Gasteiger partial charge < -0.3 is 0 Å². The maximum Gasteiger partial charge on any atom is 0.204 e. The van der Waals surface area contributed by atoms with Crippen LogP contribution in [0.5, 0.6) is 0 Å². The van der Waals surface area contributed by atoms with Crippen molar-refractivity contribution in [3.05, 3.63) is 69.0 Å². The Morgan fingerprint density at radius 3 is 2.26 bits per heavy atom. The highest BCUT2D eigenvalue weighted by Gasteiger charge is 2.09. The molecule has 0 saturated heterocycles. The molecule has 2 aromatic carbocycles. The molecule has 0 atom stereocenters. The van der Waals surface area contributed by atoms with Crippen molar-refractivity contribution < 1.29 is 0 Å². The molecule has 0 saturated carbocycles. The standard InChI is InChI=1S/C17H13Cl2N3S/c1-11-16(13-4-8-15(19)9-5-13)21-17(23-11)22-20-10-12-2-6-14(18)7-3-12/h2-10H,1H3,(H,21,22)/b20-10+. The van der Waals surface area contributed by atoms with Crippen molar-refractivity contribution in [2.45, 2.75) is 6.92 Å². The van der Waals surface area contributed by atoms with E-state index in [1.807, 2.05) is 55.5 Å². The van der Waals surface area contributed by atoms with E-state index in [1.54, 1.807) is 17.6 Å². The fourth-order valence-electron chi connectivity index (χ4n) is 2.03. The molecule has 6 heteroatoms. The maximum absolute atomic E-state index is 5.92. The summed E-state index contributed by atoms with van der Waals surface area (Å²) in [5, 5.41) is 6.38. The van der Waals surface area contributed by atoms with Crippen LogP contribution in [0.2, 0.25) is 10.0 Å². The van der Waals surface area contributed by atoms with Gasteiger partial charge in [0.1, 0.15) is 0 Å². The van der Waals surface area contributed by atoms with E-state index in [9.17, 15) is 0 Å². The number of hydrogen-bond acceptors (Lipinski definition) is 4. The molecule has 1 heterocycles. The van der Waals surface area contributed by atoms with E-state index in [-0.39, 0.29) is 0 Å². The molecule has 0 fully saturated rings. The highest BCUT2D eigenvalue weighted by atomic mass is 35.5. The molecular weight excluding hydrogens is 349 g/mol. The zero-order chi connectivity index (χ0) is 16.2. The summed E-state index contributed by atoms with van der Waals surface area (Å²) < 4.78 is 0. The fourth-order valence-corrected chi connectivity index (χ4v) is 3.07. The average molecular weight is 362 g/mol. The van der Waals surface area contributed by atoms with Crippen molar-refractivity contribution >= 4 is 45.9 Å². The topological polar surface area (TPSA) is 37.3 Å². The fraction of sp³-hybridized carbons (Fsp3) is 0.0588. The normalized spacial score (nSPS) is 11.1. The van der Waals surface area contributed by atoms with Crippen LogP contribution in [-0.4, -0.2) is 11.2 Å². The van der Waals surface area contributed by atoms with E-state index in [0.717, 1.165) is 26.8 Å². The summed E-state index contributed by atoms with van der Waals surface area (Å²) in [7, 11) is 0. The van der Waals surface area contributed by atoms with Crippen molar-refractivity contribution in [1.82, 2.24) is 4.98 Å². The van der Waals surface area contributed by atoms with Gasteiger partial charge in [0.05, 0.1) is 11.9 Å². The molecule has 3 rings (SSSR count). The lowest BCUT2D eigenvalue weighted by Crippen LogP contribution is -1.90. The molecule has 0 amide bonds. The van der Waals surface area contributed by atoms with Crippen LogP contribution in [0.3, 0.4) is 0 Å². The Balaban J connectivity index is 1.73. The van der Waals surface area contributed by atoms with Crippen molar-refractivity contribution in [3.8, 4) is 11.3 Å². The van der Waals surface area contributed by atoms with E-state index in [2.05, 4.69) is 15.5 Å². The third-order valence-corrected chi connectivity index (χ3v) is 4.54. The zero-order valence-electron chi connectivity index (χ0n) is 12.3. The van der Waals surface area contributed by atoms with Crippen LogP contribution >= 0.6 is 34.5 Å². The Morgan fingerprint density at radius 1 is 1.00 bits per heavy atom. The van der Waals surface area contributed by atoms with E-state index in [4.69, 9.17) is 23.2 Å². The predicted molar refractivity (Wildman–Crippen MR) is 100.0 cm³/mol. The minimum absolute atomic E-state index is 0.707. The summed E-state index contributed by atoms with van der Waals surface area (Å²) in [6.45, 7) is 2.04. The minimum Gasteiger partial charge on any atom is -0.253 e. The van der Waals surface area contributed by atoms with Gasteiger partial charge in [-0.3, -0.25) is 5.43 Å². The Labute approximate surface area is 148 Å². The molecule has 0 spiro atoms. The summed E-state index contributed by atoms with van der Waals surface area (Å²) in [5.74, 6) is 0. The van der Waals surface area contributed by atoms with Gasteiger partial charge >= 0.3 is 0 Å². The number of benzene rings is 2. The molecule has 0 radical (unpaired) electrons. The van der Waals surface area contributed by atoms with Gasteiger partial charge in [-0.1, -0.05) is 47.5 Å². The highest BCUT2D eigenvalue weighted by Crippen LogP contribution is 2.30. The number of aromatic nitrogens is 1. The number of thiazole rings is 1. The molecule has 0 unspecified atom stereocenters. The largest absolute Gasteiger partial charge is 0.253 e. The second-order valence-corrected chi connectivity index (χ2v) is 6.93. The van der Waals surface area contributed by atoms with E-state index < -0.39 is 0 Å². The quantitative estimate of drug-likeness (QED) is 0.465. The van der Waals surface area contributed by atoms with Crippen LogP contribution in [0.1, 0.15) is 10.4 Å². The van der Waals surface area contributed by atoms with Crippen LogP contribution < -0.4 is 5.43 Å². The van der Waals surface area contributed by atoms with Gasteiger partial charge in [-0.2, -0.15) is 5.10 Å². The zero-order valence-corrected chi connectivity index (χ0v) is 14.6. The average Bonchev–Trinajstić information content (AvgIpc) is 2.91. The lowest BCUT2D eigenvalue weighted by atomic mass is 10.1. The molecule has 0 aliphatic heterocycles. The second kappa shape index (κ2) is 7.13. The lowest BCUT2D eigenvalue weighted by molar-refractivity contribution is 1.28. The molecule has 0 aliphatic rings. The summed E-state index contributed by atoms with van der Waals surface area (Å²) in [6, 6.07) is 15.1. The number of rotatable bonds is 4. The maximum atomic E-state index is 5.92. The first-order chi connectivity index (χ1) is 11.1. The number of aryl methyl sites for hydroxylation is 1. The Bertz CT molecular complexity index is 824. The first-order valence-electron chi connectivity index (χ1n) is 6.90. The first-order valence-corrected chi connectivity index (χ1v) is 8.47. The second-order valence-electron chi connectivity index (χ2n) is 4.85. The van der Waals surface area contributed by atoms with Crippen LogP contribution in [0.4, 0.5) is 5.13 Å². The number of nitrogens with zero attached hydrogens (tertiary/aromatic N) is 2. The van der Waals surface area contributed by atoms with Crippen LogP contribution in [0.25, 0.3) is 11.3 Å². The van der Waals surface area contributed by atoms with Crippen molar-refractivity contribution in [2.75, 3.05) is 5.43 Å². The van der Waals surface area contributed by atoms with Crippen LogP contribution in [0.15, 0.2) is 53.6 Å². The van der Waals surface area contributed by atoms with E-state index in [0.29, 0.717) is 10.0 Å². The minimum atomic E-state index is 0.707. The number of anilines is 1. The number of halogens is 2. The van der Waals surface area contributed by atoms with Gasteiger partial charge in [0, 0.05) is 20.5 Å². The third-order valence-electron chi connectivity index (χ3n) is 3.16. The van der Waals surface area contributed by atoms with Crippen molar-refractivity contribution in [1.29, 1.82) is 0 Å². The van der Waals surface area contributed by atoms with E-state index >= 15 is 0 Å². The predicted octanol–water partition coefficient (Wildman–Crippen LogP) is 5.87. The van der Waals surface area contributed by atoms with Crippen molar-refractivity contribution in [3.63, 3.8) is 0 Å². The lowest BCUT2D eigenvalue weighted by Gasteiger charge is -1.98. The molecular formula is C17H13Cl2N3S. The molecule has 3 nitrogen and oxygen atoms in total. The Kier molecular flexibility index (Phi) is 4.96. The molecule has 23 heavy (non-hydrogen) atoms. The Hall–Kier alpha value is -1.88. The number of hydrogen-bond donors (Lipinski definition) is 1.